The van der Waals surface area contributed by atoms with Gasteiger partial charge in [-0.05, 0) is 41.6 Å². The maximum atomic E-state index is 12.4. The van der Waals surface area contributed by atoms with E-state index in [0.717, 1.165) is 3.57 Å². The van der Waals surface area contributed by atoms with Gasteiger partial charge in [-0.15, -0.1) is 0 Å². The molecule has 1 aromatic rings. The normalized spacial score (nSPS) is 13.3. The first-order chi connectivity index (χ1) is 12.0. The fourth-order valence-corrected chi connectivity index (χ4v) is 2.53. The third-order valence-corrected chi connectivity index (χ3v) is 4.38. The van der Waals surface area contributed by atoms with E-state index in [-0.39, 0.29) is 0 Å². The van der Waals surface area contributed by atoms with Crippen LogP contribution < -0.4 is 21.1 Å². The van der Waals surface area contributed by atoms with Crippen molar-refractivity contribution in [1.82, 2.24) is 5.32 Å². The summed E-state index contributed by atoms with van der Waals surface area (Å²) in [6, 6.07) is 4.40. The number of methoxy groups -OCH3 is 1. The van der Waals surface area contributed by atoms with Crippen molar-refractivity contribution < 1.29 is 23.9 Å². The van der Waals surface area contributed by atoms with Crippen LogP contribution in [0.2, 0.25) is 0 Å². The molecule has 3 amide bonds. The van der Waals surface area contributed by atoms with Crippen LogP contribution in [-0.4, -0.2) is 37.2 Å². The van der Waals surface area contributed by atoms with Crippen LogP contribution in [0, 0.1) is 8.99 Å². The van der Waals surface area contributed by atoms with Crippen LogP contribution in [0.1, 0.15) is 27.7 Å². The lowest BCUT2D eigenvalue weighted by Gasteiger charge is -2.29. The van der Waals surface area contributed by atoms with Gasteiger partial charge in [0.05, 0.1) is 12.8 Å². The SMILES string of the molecule is COc1ccc(I)c(NC(=O)C(C)NC(=O)C(OC(N)=O)C(C)(C)C)c1. The Morgan fingerprint density at radius 1 is 1.19 bits per heavy atom. The number of nitrogens with one attached hydrogen (secondary N) is 2. The minimum atomic E-state index is -1.12. The van der Waals surface area contributed by atoms with Crippen LogP contribution in [0.25, 0.3) is 0 Å². The van der Waals surface area contributed by atoms with Gasteiger partial charge in [-0.1, -0.05) is 20.8 Å². The Morgan fingerprint density at radius 2 is 1.81 bits per heavy atom. The smallest absolute Gasteiger partial charge is 0.405 e. The highest BCUT2D eigenvalue weighted by molar-refractivity contribution is 14.1. The zero-order valence-electron chi connectivity index (χ0n) is 15.4. The Kier molecular flexibility index (Phi) is 7.67. The molecular formula is C17H24IN3O5. The van der Waals surface area contributed by atoms with Crippen LogP contribution in [0.4, 0.5) is 10.5 Å². The van der Waals surface area contributed by atoms with E-state index in [2.05, 4.69) is 33.2 Å². The van der Waals surface area contributed by atoms with Gasteiger partial charge in [-0.2, -0.15) is 0 Å². The molecule has 0 spiro atoms. The molecule has 26 heavy (non-hydrogen) atoms. The molecular weight excluding hydrogens is 453 g/mol. The van der Waals surface area contributed by atoms with Crippen LogP contribution >= 0.6 is 22.6 Å². The molecule has 0 saturated carbocycles. The third kappa shape index (κ3) is 6.36. The topological polar surface area (TPSA) is 120 Å². The van der Waals surface area contributed by atoms with Crippen LogP contribution in [0.15, 0.2) is 18.2 Å². The molecule has 0 aromatic heterocycles. The lowest BCUT2D eigenvalue weighted by molar-refractivity contribution is -0.137. The molecule has 9 heteroatoms. The van der Waals surface area contributed by atoms with Crippen molar-refractivity contribution in [2.75, 3.05) is 12.4 Å². The van der Waals surface area contributed by atoms with Crippen molar-refractivity contribution in [3.05, 3.63) is 21.8 Å². The third-order valence-electron chi connectivity index (χ3n) is 3.44. The molecule has 0 saturated heterocycles. The quantitative estimate of drug-likeness (QED) is 0.543. The number of primary amides is 1. The van der Waals surface area contributed by atoms with E-state index in [1.807, 2.05) is 0 Å². The molecule has 0 bridgehead atoms. The van der Waals surface area contributed by atoms with Crippen molar-refractivity contribution in [3.8, 4) is 5.75 Å². The summed E-state index contributed by atoms with van der Waals surface area (Å²) in [5, 5.41) is 5.28. The number of rotatable bonds is 6. The highest BCUT2D eigenvalue weighted by atomic mass is 127. The fourth-order valence-electron chi connectivity index (χ4n) is 2.06. The first-order valence-electron chi connectivity index (χ1n) is 7.86. The molecule has 0 aliphatic heterocycles. The van der Waals surface area contributed by atoms with E-state index in [1.165, 1.54) is 14.0 Å². The first-order valence-corrected chi connectivity index (χ1v) is 8.94. The molecule has 8 nitrogen and oxygen atoms in total. The van der Waals surface area contributed by atoms with Crippen molar-refractivity contribution in [3.63, 3.8) is 0 Å². The maximum Gasteiger partial charge on any atom is 0.405 e. The van der Waals surface area contributed by atoms with E-state index in [4.69, 9.17) is 15.2 Å². The number of carbonyl (C=O) groups is 3. The molecule has 144 valence electrons. The van der Waals surface area contributed by atoms with Crippen LogP contribution in [-0.2, 0) is 14.3 Å². The summed E-state index contributed by atoms with van der Waals surface area (Å²) in [5.41, 5.74) is 4.91. The largest absolute Gasteiger partial charge is 0.497 e. The Morgan fingerprint density at radius 3 is 2.31 bits per heavy atom. The second kappa shape index (κ2) is 9.06. The number of anilines is 1. The Bertz CT molecular complexity index is 687. The van der Waals surface area contributed by atoms with Crippen molar-refractivity contribution in [1.29, 1.82) is 0 Å². The first kappa shape index (κ1) is 22.0. The Hall–Kier alpha value is -2.04. The molecule has 1 aromatic carbocycles. The lowest BCUT2D eigenvalue weighted by Crippen LogP contribution is -2.51. The minimum Gasteiger partial charge on any atom is -0.497 e. The van der Waals surface area contributed by atoms with Gasteiger partial charge >= 0.3 is 6.09 Å². The number of benzene rings is 1. The zero-order chi connectivity index (χ0) is 20.1. The molecule has 2 unspecified atom stereocenters. The number of amides is 3. The van der Waals surface area contributed by atoms with Gasteiger partial charge in [0.15, 0.2) is 6.10 Å². The van der Waals surface area contributed by atoms with E-state index in [9.17, 15) is 14.4 Å². The summed E-state index contributed by atoms with van der Waals surface area (Å²) in [4.78, 5) is 35.9. The molecule has 0 radical (unpaired) electrons. The number of halogens is 1. The summed E-state index contributed by atoms with van der Waals surface area (Å²) < 4.78 is 10.9. The average Bonchev–Trinajstić information content (AvgIpc) is 2.53. The van der Waals surface area contributed by atoms with Gasteiger partial charge in [-0.3, -0.25) is 9.59 Å². The van der Waals surface area contributed by atoms with Crippen LogP contribution in [0.3, 0.4) is 0 Å². The molecule has 4 N–H and O–H groups in total. The predicted molar refractivity (Wildman–Crippen MR) is 106 cm³/mol. The summed E-state index contributed by atoms with van der Waals surface area (Å²) in [5.74, 6) is -0.421. The minimum absolute atomic E-state index is 0.420. The molecule has 1 rings (SSSR count). The second-order valence-electron chi connectivity index (χ2n) is 6.75. The fraction of sp³-hybridized carbons (Fsp3) is 0.471. The number of hydrogen-bond acceptors (Lipinski definition) is 5. The van der Waals surface area contributed by atoms with Crippen molar-refractivity contribution >= 4 is 46.2 Å². The summed E-state index contributed by atoms with van der Waals surface area (Å²) in [7, 11) is 1.53. The van der Waals surface area contributed by atoms with Gasteiger partial charge in [0.2, 0.25) is 5.91 Å². The highest BCUT2D eigenvalue weighted by Crippen LogP contribution is 2.25. The van der Waals surface area contributed by atoms with Gasteiger partial charge in [-0.25, -0.2) is 4.79 Å². The maximum absolute atomic E-state index is 12.4. The number of carbonyl (C=O) groups excluding carboxylic acids is 3. The van der Waals surface area contributed by atoms with E-state index >= 15 is 0 Å². The van der Waals surface area contributed by atoms with Gasteiger partial charge in [0, 0.05) is 15.1 Å². The molecule has 0 fully saturated rings. The standard InChI is InChI=1S/C17H24IN3O5/c1-9(20-15(23)13(17(2,3)4)26-16(19)24)14(22)21-12-8-10(25-5)6-7-11(12)18/h6-9,13H,1-5H3,(H2,19,24)(H,20,23)(H,21,22). The molecule has 0 aliphatic rings. The van der Waals surface area contributed by atoms with Crippen molar-refractivity contribution in [2.45, 2.75) is 39.8 Å². The number of nitrogens with two attached hydrogens (primary N) is 1. The van der Waals surface area contributed by atoms with Gasteiger partial charge in [0.25, 0.3) is 5.91 Å². The summed E-state index contributed by atoms with van der Waals surface area (Å²) in [6.45, 7) is 6.71. The Labute approximate surface area is 166 Å². The zero-order valence-corrected chi connectivity index (χ0v) is 17.5. The molecule has 2 atom stereocenters. The highest BCUT2D eigenvalue weighted by Gasteiger charge is 2.35. The number of ether oxygens (including phenoxy) is 2. The lowest BCUT2D eigenvalue weighted by atomic mass is 9.88. The van der Waals surface area contributed by atoms with Gasteiger partial charge < -0.3 is 25.8 Å². The predicted octanol–water partition coefficient (Wildman–Crippen LogP) is 2.25. The van der Waals surface area contributed by atoms with Crippen molar-refractivity contribution in [2.24, 2.45) is 11.1 Å². The summed E-state index contributed by atoms with van der Waals surface area (Å²) in [6.07, 6.45) is -2.17. The Balaban J connectivity index is 2.82. The summed E-state index contributed by atoms with van der Waals surface area (Å²) >= 11 is 2.08. The number of hydrogen-bond donors (Lipinski definition) is 3. The van der Waals surface area contributed by atoms with E-state index in [0.29, 0.717) is 11.4 Å². The van der Waals surface area contributed by atoms with E-state index < -0.39 is 35.5 Å². The molecule has 0 aliphatic carbocycles. The second-order valence-corrected chi connectivity index (χ2v) is 7.91. The average molecular weight is 477 g/mol. The van der Waals surface area contributed by atoms with Crippen LogP contribution in [0.5, 0.6) is 5.75 Å². The molecule has 0 heterocycles. The van der Waals surface area contributed by atoms with E-state index in [1.54, 1.807) is 39.0 Å². The van der Waals surface area contributed by atoms with Gasteiger partial charge in [0.1, 0.15) is 11.8 Å². The monoisotopic (exact) mass is 477 g/mol.